The Labute approximate surface area is 78.9 Å². The van der Waals surface area contributed by atoms with E-state index in [9.17, 15) is 0 Å². The van der Waals surface area contributed by atoms with Crippen molar-refractivity contribution in [1.82, 2.24) is 4.90 Å². The number of rotatable bonds is 0. The van der Waals surface area contributed by atoms with Crippen LogP contribution in [0, 0.1) is 0 Å². The predicted molar refractivity (Wildman–Crippen MR) is 36.3 cm³/mol. The summed E-state index contributed by atoms with van der Waals surface area (Å²) in [4.78, 5) is 2.30. The second-order valence-corrected chi connectivity index (χ2v) is 1.97. The Hall–Kier alpha value is 0.976. The maximum atomic E-state index is 4.19. The second kappa shape index (κ2) is 7.09. The fourth-order valence-corrected chi connectivity index (χ4v) is 0.706. The molecule has 2 nitrogen and oxygen atoms in total. The number of hydrogen-bond donors (Lipinski definition) is 0. The van der Waals surface area contributed by atoms with Crippen LogP contribution in [0.15, 0.2) is 0 Å². The first-order valence-corrected chi connectivity index (χ1v) is 2.71. The van der Waals surface area contributed by atoms with Gasteiger partial charge in [0.1, 0.15) is 0 Å². The van der Waals surface area contributed by atoms with Gasteiger partial charge in [-0.2, -0.15) is 0 Å². The van der Waals surface area contributed by atoms with Crippen molar-refractivity contribution in [1.29, 1.82) is 0 Å². The molecule has 0 bridgehead atoms. The van der Waals surface area contributed by atoms with E-state index < -0.39 is 0 Å². The van der Waals surface area contributed by atoms with Crippen molar-refractivity contribution >= 4 is 23.1 Å². The fraction of sp³-hybridized carbons (Fsp3) is 1.00. The molecule has 1 fully saturated rings. The molecular weight excluding hydrogens is 148 g/mol. The Morgan fingerprint density at radius 3 is 1.89 bits per heavy atom. The van der Waals surface area contributed by atoms with Crippen LogP contribution in [0.5, 0.6) is 0 Å². The maximum absolute atomic E-state index is 4.19. The Morgan fingerprint density at radius 1 is 1.22 bits per heavy atom. The number of nitrogens with zero attached hydrogens (tertiary/aromatic N) is 2. The van der Waals surface area contributed by atoms with Gasteiger partial charge in [-0.15, -0.1) is 13.1 Å². The van der Waals surface area contributed by atoms with Crippen LogP contribution >= 0.6 is 0 Å². The Kier molecular flexibility index (Phi) is 9.95. The second-order valence-electron chi connectivity index (χ2n) is 1.97. The molecular formula is C5H11ClMgN2. The van der Waals surface area contributed by atoms with Gasteiger partial charge in [0.2, 0.25) is 0 Å². The average Bonchev–Trinajstić information content (AvgIpc) is 1.69. The third kappa shape index (κ3) is 5.42. The Balaban J connectivity index is 0. The SMILES string of the molecule is CN1CC[N-]CC1.[Cl-].[Mg+2]. The van der Waals surface area contributed by atoms with Crippen molar-refractivity contribution in [2.24, 2.45) is 0 Å². The molecule has 0 aromatic heterocycles. The van der Waals surface area contributed by atoms with Crippen LogP contribution in [0.1, 0.15) is 0 Å². The summed E-state index contributed by atoms with van der Waals surface area (Å²) < 4.78 is 0. The molecule has 0 aromatic rings. The van der Waals surface area contributed by atoms with Gasteiger partial charge in [-0.05, 0) is 20.1 Å². The van der Waals surface area contributed by atoms with E-state index in [1.165, 1.54) is 0 Å². The van der Waals surface area contributed by atoms with Gasteiger partial charge in [-0.1, -0.05) is 0 Å². The van der Waals surface area contributed by atoms with Crippen molar-refractivity contribution in [2.75, 3.05) is 33.2 Å². The topological polar surface area (TPSA) is 17.3 Å². The van der Waals surface area contributed by atoms with E-state index in [-0.39, 0.29) is 35.5 Å². The quantitative estimate of drug-likeness (QED) is 0.343. The number of likely N-dealkylation sites (N-methyl/N-ethyl adjacent to an activating group) is 1. The monoisotopic (exact) mass is 158 g/mol. The number of hydrogen-bond acceptors (Lipinski definition) is 1. The molecule has 1 rings (SSSR count). The minimum Gasteiger partial charge on any atom is -1.00 e. The maximum Gasteiger partial charge on any atom is 2.00 e. The molecule has 0 atom stereocenters. The molecule has 50 valence electrons. The van der Waals surface area contributed by atoms with Crippen LogP contribution in [0.3, 0.4) is 0 Å². The van der Waals surface area contributed by atoms with E-state index in [1.54, 1.807) is 0 Å². The van der Waals surface area contributed by atoms with Crippen LogP contribution in [0.4, 0.5) is 0 Å². The molecule has 0 spiro atoms. The van der Waals surface area contributed by atoms with Gasteiger partial charge in [-0.25, -0.2) is 0 Å². The zero-order valence-corrected chi connectivity index (χ0v) is 7.98. The molecule has 0 radical (unpaired) electrons. The summed E-state index contributed by atoms with van der Waals surface area (Å²) in [7, 11) is 2.13. The van der Waals surface area contributed by atoms with Crippen molar-refractivity contribution in [3.63, 3.8) is 0 Å². The van der Waals surface area contributed by atoms with Crippen molar-refractivity contribution in [3.8, 4) is 0 Å². The molecule has 0 N–H and O–H groups in total. The summed E-state index contributed by atoms with van der Waals surface area (Å²) in [5.41, 5.74) is 0. The summed E-state index contributed by atoms with van der Waals surface area (Å²) in [5, 5.41) is 4.19. The van der Waals surface area contributed by atoms with E-state index in [2.05, 4.69) is 17.3 Å². The Bertz CT molecular complexity index is 56.9. The average molecular weight is 159 g/mol. The van der Waals surface area contributed by atoms with Crippen molar-refractivity contribution < 1.29 is 12.4 Å². The minimum absolute atomic E-state index is 0. The first kappa shape index (κ1) is 12.6. The molecule has 4 heteroatoms. The number of piperazine rings is 1. The largest absolute Gasteiger partial charge is 2.00 e. The summed E-state index contributed by atoms with van der Waals surface area (Å²) in [6.07, 6.45) is 0. The van der Waals surface area contributed by atoms with Gasteiger partial charge in [0, 0.05) is 0 Å². The summed E-state index contributed by atoms with van der Waals surface area (Å²) >= 11 is 0. The van der Waals surface area contributed by atoms with Crippen LogP contribution < -0.4 is 12.4 Å². The van der Waals surface area contributed by atoms with Crippen LogP contribution in [-0.4, -0.2) is 61.2 Å². The molecule has 1 saturated heterocycles. The first-order valence-electron chi connectivity index (χ1n) is 2.71. The van der Waals surface area contributed by atoms with E-state index in [0.717, 1.165) is 26.2 Å². The zero-order valence-electron chi connectivity index (χ0n) is 5.81. The molecule has 9 heavy (non-hydrogen) atoms. The zero-order chi connectivity index (χ0) is 5.11. The van der Waals surface area contributed by atoms with Crippen LogP contribution in [0.25, 0.3) is 5.32 Å². The minimum atomic E-state index is 0. The van der Waals surface area contributed by atoms with Gasteiger partial charge in [0.25, 0.3) is 0 Å². The first-order chi connectivity index (χ1) is 3.39. The smallest absolute Gasteiger partial charge is 1.00 e. The van der Waals surface area contributed by atoms with Crippen molar-refractivity contribution in [2.45, 2.75) is 0 Å². The van der Waals surface area contributed by atoms with E-state index >= 15 is 0 Å². The van der Waals surface area contributed by atoms with Crippen molar-refractivity contribution in [3.05, 3.63) is 5.32 Å². The molecule has 0 saturated carbocycles. The molecule has 0 aromatic carbocycles. The van der Waals surface area contributed by atoms with Gasteiger partial charge in [-0.3, -0.25) is 0 Å². The third-order valence-electron chi connectivity index (χ3n) is 1.28. The van der Waals surface area contributed by atoms with Gasteiger partial charge < -0.3 is 22.6 Å². The summed E-state index contributed by atoms with van der Waals surface area (Å²) in [6, 6.07) is 0. The standard InChI is InChI=1S/C5H11N2.ClH.Mg/c1-7-4-2-6-3-5-7;;/h2-5H2,1H3;1H;/q-1;;+2/p-1. The van der Waals surface area contributed by atoms with Gasteiger partial charge >= 0.3 is 23.1 Å². The molecule has 0 amide bonds. The molecule has 1 heterocycles. The Morgan fingerprint density at radius 2 is 1.67 bits per heavy atom. The molecule has 1 aliphatic heterocycles. The van der Waals surface area contributed by atoms with Gasteiger partial charge in [0.05, 0.1) is 0 Å². The van der Waals surface area contributed by atoms with E-state index in [0.29, 0.717) is 0 Å². The summed E-state index contributed by atoms with van der Waals surface area (Å²) in [5.74, 6) is 0. The predicted octanol–water partition coefficient (Wildman–Crippen LogP) is -3.07. The normalized spacial score (nSPS) is 19.7. The fourth-order valence-electron chi connectivity index (χ4n) is 0.706. The molecule has 0 aliphatic carbocycles. The van der Waals surface area contributed by atoms with Crippen LogP contribution in [0.2, 0.25) is 0 Å². The third-order valence-corrected chi connectivity index (χ3v) is 1.28. The van der Waals surface area contributed by atoms with E-state index in [4.69, 9.17) is 0 Å². The van der Waals surface area contributed by atoms with Gasteiger partial charge in [0.15, 0.2) is 0 Å². The summed E-state index contributed by atoms with van der Waals surface area (Å²) in [6.45, 7) is 4.38. The molecule has 1 aliphatic rings. The van der Waals surface area contributed by atoms with Crippen LogP contribution in [-0.2, 0) is 0 Å². The molecule has 0 unspecified atom stereocenters. The van der Waals surface area contributed by atoms with E-state index in [1.807, 2.05) is 0 Å². The number of halogens is 1.